The SMILES string of the molecule is Cc1ccc2nc(COc3cccc(C(=O)NCCNc4ccccc4[N+](=O)[O-])c3)cn2c1. The number of nitro groups is 1. The Morgan fingerprint density at radius 2 is 1.94 bits per heavy atom. The number of carbonyl (C=O) groups excluding carboxylic acids is 1. The number of ether oxygens (including phenoxy) is 1. The van der Waals surface area contributed by atoms with Crippen LogP contribution in [0.15, 0.2) is 73.1 Å². The van der Waals surface area contributed by atoms with Gasteiger partial charge in [-0.3, -0.25) is 14.9 Å². The molecule has 0 unspecified atom stereocenters. The van der Waals surface area contributed by atoms with Crippen molar-refractivity contribution in [2.75, 3.05) is 18.4 Å². The Morgan fingerprint density at radius 1 is 1.09 bits per heavy atom. The van der Waals surface area contributed by atoms with E-state index in [4.69, 9.17) is 4.74 Å². The Hall–Kier alpha value is -4.40. The average molecular weight is 445 g/mol. The number of benzene rings is 2. The van der Waals surface area contributed by atoms with Crippen LogP contribution < -0.4 is 15.4 Å². The Morgan fingerprint density at radius 3 is 2.79 bits per heavy atom. The molecule has 2 heterocycles. The maximum absolute atomic E-state index is 12.5. The van der Waals surface area contributed by atoms with E-state index in [-0.39, 0.29) is 18.2 Å². The van der Waals surface area contributed by atoms with Gasteiger partial charge in [0.1, 0.15) is 23.7 Å². The highest BCUT2D eigenvalue weighted by Crippen LogP contribution is 2.22. The second-order valence-electron chi connectivity index (χ2n) is 7.48. The summed E-state index contributed by atoms with van der Waals surface area (Å²) in [5, 5.41) is 16.8. The third-order valence-corrected chi connectivity index (χ3v) is 4.96. The molecule has 0 fully saturated rings. The van der Waals surface area contributed by atoms with Crippen LogP contribution in [0, 0.1) is 17.0 Å². The number of amides is 1. The average Bonchev–Trinajstić information content (AvgIpc) is 3.22. The van der Waals surface area contributed by atoms with Gasteiger partial charge in [-0.2, -0.15) is 0 Å². The van der Waals surface area contributed by atoms with Gasteiger partial charge >= 0.3 is 0 Å². The number of imidazole rings is 1. The summed E-state index contributed by atoms with van der Waals surface area (Å²) < 4.78 is 7.78. The first kappa shape index (κ1) is 21.8. The van der Waals surface area contributed by atoms with Gasteiger partial charge in [0.2, 0.25) is 0 Å². The first-order valence-corrected chi connectivity index (χ1v) is 10.4. The number of hydrogen-bond acceptors (Lipinski definition) is 6. The smallest absolute Gasteiger partial charge is 0.292 e. The molecule has 0 aliphatic carbocycles. The van der Waals surface area contributed by atoms with Crippen molar-refractivity contribution in [1.29, 1.82) is 0 Å². The molecular weight excluding hydrogens is 422 g/mol. The molecule has 0 aliphatic rings. The van der Waals surface area contributed by atoms with Gasteiger partial charge < -0.3 is 19.8 Å². The van der Waals surface area contributed by atoms with Crippen molar-refractivity contribution in [2.24, 2.45) is 0 Å². The molecule has 4 aromatic rings. The van der Waals surface area contributed by atoms with Crippen LogP contribution in [-0.2, 0) is 6.61 Å². The maximum Gasteiger partial charge on any atom is 0.292 e. The molecule has 1 amide bonds. The minimum absolute atomic E-state index is 0.00517. The van der Waals surface area contributed by atoms with Gasteiger partial charge in [-0.25, -0.2) is 4.98 Å². The number of aromatic nitrogens is 2. The molecule has 33 heavy (non-hydrogen) atoms. The minimum atomic E-state index is -0.445. The number of aryl methyl sites for hydroxylation is 1. The normalized spacial score (nSPS) is 10.7. The molecule has 0 bridgehead atoms. The van der Waals surface area contributed by atoms with Gasteiger partial charge in [0, 0.05) is 37.1 Å². The molecule has 0 aliphatic heterocycles. The number of carbonyl (C=O) groups is 1. The van der Waals surface area contributed by atoms with Gasteiger partial charge in [-0.05, 0) is 42.8 Å². The number of fused-ring (bicyclic) bond motifs is 1. The van der Waals surface area contributed by atoms with Crippen LogP contribution in [0.2, 0.25) is 0 Å². The van der Waals surface area contributed by atoms with E-state index in [2.05, 4.69) is 15.6 Å². The predicted octanol–water partition coefficient (Wildman–Crippen LogP) is 3.97. The summed E-state index contributed by atoms with van der Waals surface area (Å²) in [6, 6.07) is 17.2. The van der Waals surface area contributed by atoms with E-state index in [0.717, 1.165) is 16.9 Å². The topological polar surface area (TPSA) is 111 Å². The Kier molecular flexibility index (Phi) is 6.49. The summed E-state index contributed by atoms with van der Waals surface area (Å²) >= 11 is 0. The number of nitrogens with zero attached hydrogens (tertiary/aromatic N) is 3. The molecular formula is C24H23N5O4. The summed E-state index contributed by atoms with van der Waals surface area (Å²) in [5.41, 5.74) is 3.65. The van der Waals surface area contributed by atoms with Crippen LogP contribution in [0.1, 0.15) is 21.6 Å². The zero-order chi connectivity index (χ0) is 23.2. The van der Waals surface area contributed by atoms with Crippen molar-refractivity contribution in [1.82, 2.24) is 14.7 Å². The van der Waals surface area contributed by atoms with E-state index in [9.17, 15) is 14.9 Å². The molecule has 0 spiro atoms. The molecule has 2 N–H and O–H groups in total. The number of nitro benzene ring substituents is 1. The first-order valence-electron chi connectivity index (χ1n) is 10.4. The monoisotopic (exact) mass is 445 g/mol. The lowest BCUT2D eigenvalue weighted by atomic mass is 10.2. The van der Waals surface area contributed by atoms with E-state index in [0.29, 0.717) is 30.1 Å². The summed E-state index contributed by atoms with van der Waals surface area (Å²) in [5.74, 6) is 0.307. The largest absolute Gasteiger partial charge is 0.487 e. The third-order valence-electron chi connectivity index (χ3n) is 4.96. The number of nitrogens with one attached hydrogen (secondary N) is 2. The standard InChI is InChI=1S/C24H23N5O4/c1-17-9-10-23-27-19(15-28(23)14-17)16-33-20-6-4-5-18(13-20)24(30)26-12-11-25-21-7-2-3-8-22(21)29(31)32/h2-10,13-15,25H,11-12,16H2,1H3,(H,26,30). The van der Waals surface area contributed by atoms with Crippen molar-refractivity contribution in [2.45, 2.75) is 13.5 Å². The fourth-order valence-electron chi connectivity index (χ4n) is 3.37. The molecule has 0 atom stereocenters. The minimum Gasteiger partial charge on any atom is -0.487 e. The highest BCUT2D eigenvalue weighted by molar-refractivity contribution is 5.94. The number of hydrogen-bond donors (Lipinski definition) is 2. The quantitative estimate of drug-likeness (QED) is 0.229. The van der Waals surface area contributed by atoms with Gasteiger partial charge in [0.25, 0.3) is 11.6 Å². The number of para-hydroxylation sites is 2. The number of rotatable bonds is 9. The second kappa shape index (κ2) is 9.82. The zero-order valence-corrected chi connectivity index (χ0v) is 18.0. The Balaban J connectivity index is 1.29. The number of pyridine rings is 1. The molecule has 9 nitrogen and oxygen atoms in total. The van der Waals surface area contributed by atoms with Crippen LogP contribution in [0.25, 0.3) is 5.65 Å². The highest BCUT2D eigenvalue weighted by Gasteiger charge is 2.12. The molecule has 2 aromatic heterocycles. The zero-order valence-electron chi connectivity index (χ0n) is 18.0. The lowest BCUT2D eigenvalue weighted by Gasteiger charge is -2.09. The van der Waals surface area contributed by atoms with Crippen molar-refractivity contribution >= 4 is 22.9 Å². The lowest BCUT2D eigenvalue weighted by molar-refractivity contribution is -0.384. The van der Waals surface area contributed by atoms with E-state index in [1.54, 1.807) is 42.5 Å². The van der Waals surface area contributed by atoms with Gasteiger partial charge in [0.05, 0.1) is 10.6 Å². The fourth-order valence-corrected chi connectivity index (χ4v) is 3.37. The van der Waals surface area contributed by atoms with Crippen molar-refractivity contribution in [3.05, 3.63) is 100.0 Å². The fraction of sp³-hybridized carbons (Fsp3) is 0.167. The van der Waals surface area contributed by atoms with Crippen LogP contribution >= 0.6 is 0 Å². The van der Waals surface area contributed by atoms with Gasteiger partial charge in [-0.1, -0.05) is 24.3 Å². The van der Waals surface area contributed by atoms with E-state index in [1.807, 2.05) is 35.9 Å². The van der Waals surface area contributed by atoms with Crippen molar-refractivity contribution in [3.63, 3.8) is 0 Å². The third kappa shape index (κ3) is 5.45. The first-order chi connectivity index (χ1) is 16.0. The van der Waals surface area contributed by atoms with E-state index in [1.165, 1.54) is 6.07 Å². The van der Waals surface area contributed by atoms with Crippen LogP contribution in [0.4, 0.5) is 11.4 Å². The predicted molar refractivity (Wildman–Crippen MR) is 125 cm³/mol. The van der Waals surface area contributed by atoms with Crippen LogP contribution in [-0.4, -0.2) is 33.3 Å². The molecule has 0 saturated carbocycles. The molecule has 0 radical (unpaired) electrons. The molecule has 168 valence electrons. The summed E-state index contributed by atoms with van der Waals surface area (Å²) in [7, 11) is 0. The van der Waals surface area contributed by atoms with Crippen LogP contribution in [0.3, 0.4) is 0 Å². The summed E-state index contributed by atoms with van der Waals surface area (Å²) in [4.78, 5) is 27.6. The highest BCUT2D eigenvalue weighted by atomic mass is 16.6. The van der Waals surface area contributed by atoms with Gasteiger partial charge in [-0.15, -0.1) is 0 Å². The molecule has 4 rings (SSSR count). The van der Waals surface area contributed by atoms with Crippen LogP contribution in [0.5, 0.6) is 5.75 Å². The van der Waals surface area contributed by atoms with E-state index < -0.39 is 4.92 Å². The second-order valence-corrected chi connectivity index (χ2v) is 7.48. The molecule has 2 aromatic carbocycles. The summed E-state index contributed by atoms with van der Waals surface area (Å²) in [6.45, 7) is 2.95. The van der Waals surface area contributed by atoms with Gasteiger partial charge in [0.15, 0.2) is 0 Å². The number of anilines is 1. The lowest BCUT2D eigenvalue weighted by Crippen LogP contribution is -2.28. The maximum atomic E-state index is 12.5. The van der Waals surface area contributed by atoms with Crippen molar-refractivity contribution < 1.29 is 14.5 Å². The molecule has 9 heteroatoms. The summed E-state index contributed by atoms with van der Waals surface area (Å²) in [6.07, 6.45) is 3.92. The Bertz CT molecular complexity index is 1300. The molecule has 0 saturated heterocycles. The van der Waals surface area contributed by atoms with Crippen molar-refractivity contribution in [3.8, 4) is 5.75 Å². The Labute approximate surface area is 190 Å². The van der Waals surface area contributed by atoms with E-state index >= 15 is 0 Å².